The van der Waals surface area contributed by atoms with Crippen LogP contribution in [0.5, 0.6) is 0 Å². The summed E-state index contributed by atoms with van der Waals surface area (Å²) in [5.41, 5.74) is 1.35. The molecule has 6 rings (SSSR count). The Hall–Kier alpha value is -3.01. The lowest BCUT2D eigenvalue weighted by molar-refractivity contribution is -0.117. The second-order valence-electron chi connectivity index (χ2n) is 8.25. The van der Waals surface area contributed by atoms with Crippen molar-refractivity contribution < 1.29 is 17.9 Å². The molecule has 0 aliphatic carbocycles. The number of aromatic nitrogens is 1. The van der Waals surface area contributed by atoms with Crippen LogP contribution < -0.4 is 9.21 Å². The number of para-hydroxylation sites is 1. The number of anilines is 2. The molecule has 2 aliphatic heterocycles. The van der Waals surface area contributed by atoms with E-state index in [4.69, 9.17) is 4.74 Å². The van der Waals surface area contributed by atoms with Gasteiger partial charge in [0, 0.05) is 12.0 Å². The molecule has 33 heavy (non-hydrogen) atoms. The van der Waals surface area contributed by atoms with Crippen LogP contribution in [0.15, 0.2) is 65.6 Å². The number of fused-ring (bicyclic) bond motifs is 1. The van der Waals surface area contributed by atoms with Crippen LogP contribution in [-0.4, -0.2) is 45.1 Å². The molecule has 3 aromatic carbocycles. The topological polar surface area (TPSA) is 79.8 Å². The van der Waals surface area contributed by atoms with Gasteiger partial charge in [-0.1, -0.05) is 47.7 Å². The lowest BCUT2D eigenvalue weighted by Crippen LogP contribution is -2.44. The summed E-state index contributed by atoms with van der Waals surface area (Å²) in [6.45, 7) is 0.729. The van der Waals surface area contributed by atoms with Gasteiger partial charge in [0.1, 0.15) is 6.54 Å². The van der Waals surface area contributed by atoms with Crippen molar-refractivity contribution in [3.63, 3.8) is 0 Å². The van der Waals surface area contributed by atoms with Crippen molar-refractivity contribution in [2.24, 2.45) is 0 Å². The number of hydrogen-bond donors (Lipinski definition) is 0. The minimum atomic E-state index is -3.82. The van der Waals surface area contributed by atoms with Gasteiger partial charge in [0.15, 0.2) is 5.13 Å². The second kappa shape index (κ2) is 7.79. The Morgan fingerprint density at radius 2 is 1.94 bits per heavy atom. The zero-order chi connectivity index (χ0) is 22.6. The first kappa shape index (κ1) is 20.6. The van der Waals surface area contributed by atoms with E-state index in [2.05, 4.69) is 4.98 Å². The third-order valence-electron chi connectivity index (χ3n) is 6.18. The van der Waals surface area contributed by atoms with Crippen molar-refractivity contribution in [1.82, 2.24) is 4.98 Å². The zero-order valence-corrected chi connectivity index (χ0v) is 19.3. The van der Waals surface area contributed by atoms with Crippen molar-refractivity contribution in [3.05, 3.63) is 60.7 Å². The monoisotopic (exact) mass is 479 g/mol. The van der Waals surface area contributed by atoms with Crippen LogP contribution in [0.3, 0.4) is 0 Å². The van der Waals surface area contributed by atoms with Crippen LogP contribution >= 0.6 is 11.3 Å². The summed E-state index contributed by atoms with van der Waals surface area (Å²) < 4.78 is 34.7. The van der Waals surface area contributed by atoms with Crippen LogP contribution in [0.1, 0.15) is 12.8 Å². The van der Waals surface area contributed by atoms with Gasteiger partial charge in [-0.15, -0.1) is 0 Å². The van der Waals surface area contributed by atoms with Crippen molar-refractivity contribution in [1.29, 1.82) is 0 Å². The van der Waals surface area contributed by atoms with Gasteiger partial charge in [-0.25, -0.2) is 13.4 Å². The molecule has 0 bridgehead atoms. The quantitative estimate of drug-likeness (QED) is 0.429. The molecule has 2 aliphatic rings. The van der Waals surface area contributed by atoms with Gasteiger partial charge in [-0.3, -0.25) is 14.0 Å². The minimum absolute atomic E-state index is 0.0863. The fourth-order valence-electron chi connectivity index (χ4n) is 4.59. The Kier molecular flexibility index (Phi) is 4.86. The molecule has 3 heterocycles. The number of hydrogen-bond acceptors (Lipinski definition) is 6. The molecule has 1 fully saturated rings. The fraction of sp³-hybridized carbons (Fsp3) is 0.250. The van der Waals surface area contributed by atoms with E-state index in [1.54, 1.807) is 23.1 Å². The highest BCUT2D eigenvalue weighted by molar-refractivity contribution is 7.93. The second-order valence-corrected chi connectivity index (χ2v) is 11.1. The van der Waals surface area contributed by atoms with E-state index in [9.17, 15) is 13.2 Å². The van der Waals surface area contributed by atoms with E-state index < -0.39 is 10.0 Å². The molecule has 0 spiro atoms. The first-order valence-corrected chi connectivity index (χ1v) is 13.1. The summed E-state index contributed by atoms with van der Waals surface area (Å²) in [6, 6.07) is 18.4. The average Bonchev–Trinajstić information content (AvgIpc) is 3.53. The Balaban J connectivity index is 1.37. The molecular formula is C24H21N3O4S2. The third-order valence-corrected chi connectivity index (χ3v) is 9.05. The Bertz CT molecular complexity index is 1450. The molecule has 1 atom stereocenters. The molecular weight excluding hydrogens is 458 g/mol. The Morgan fingerprint density at radius 3 is 2.73 bits per heavy atom. The molecule has 168 valence electrons. The predicted octanol–water partition coefficient (Wildman–Crippen LogP) is 4.17. The largest absolute Gasteiger partial charge is 0.376 e. The Morgan fingerprint density at radius 1 is 1.12 bits per heavy atom. The number of sulfonamides is 1. The number of carbonyl (C=O) groups is 1. The molecule has 0 radical (unpaired) electrons. The van der Waals surface area contributed by atoms with Crippen molar-refractivity contribution in [2.45, 2.75) is 23.8 Å². The number of thiazole rings is 1. The molecule has 9 heteroatoms. The van der Waals surface area contributed by atoms with Crippen LogP contribution in [0.2, 0.25) is 0 Å². The van der Waals surface area contributed by atoms with Gasteiger partial charge in [0.2, 0.25) is 5.91 Å². The van der Waals surface area contributed by atoms with Crippen molar-refractivity contribution in [2.75, 3.05) is 28.9 Å². The summed E-state index contributed by atoms with van der Waals surface area (Å²) in [4.78, 5) is 20.2. The summed E-state index contributed by atoms with van der Waals surface area (Å²) >= 11 is 1.43. The van der Waals surface area contributed by atoms with E-state index in [-0.39, 0.29) is 23.5 Å². The number of ether oxygens (including phenoxy) is 1. The number of nitrogens with zero attached hydrogens (tertiary/aromatic N) is 3. The van der Waals surface area contributed by atoms with Crippen LogP contribution in [0.25, 0.3) is 21.0 Å². The van der Waals surface area contributed by atoms with Crippen molar-refractivity contribution >= 4 is 59.1 Å². The highest BCUT2D eigenvalue weighted by Gasteiger charge is 2.38. The maximum Gasteiger partial charge on any atom is 0.265 e. The molecule has 7 nitrogen and oxygen atoms in total. The first-order valence-electron chi connectivity index (χ1n) is 10.8. The average molecular weight is 480 g/mol. The van der Waals surface area contributed by atoms with E-state index >= 15 is 0 Å². The number of benzene rings is 3. The van der Waals surface area contributed by atoms with Crippen LogP contribution in [-0.2, 0) is 19.6 Å². The van der Waals surface area contributed by atoms with E-state index in [0.717, 1.165) is 28.4 Å². The zero-order valence-electron chi connectivity index (χ0n) is 17.7. The van der Waals surface area contributed by atoms with Gasteiger partial charge < -0.3 is 4.74 Å². The van der Waals surface area contributed by atoms with E-state index in [1.807, 2.05) is 42.5 Å². The van der Waals surface area contributed by atoms with Gasteiger partial charge >= 0.3 is 0 Å². The van der Waals surface area contributed by atoms with Gasteiger partial charge in [0.25, 0.3) is 10.0 Å². The number of amides is 1. The number of rotatable bonds is 5. The lowest BCUT2D eigenvalue weighted by Gasteiger charge is -2.26. The highest BCUT2D eigenvalue weighted by Crippen LogP contribution is 2.42. The molecule has 0 saturated carbocycles. The predicted molar refractivity (Wildman–Crippen MR) is 129 cm³/mol. The molecule has 1 aromatic heterocycles. The standard InChI is InChI=1S/C24H21N3O4S2/c28-22(15-27-19-10-3-6-16-7-4-12-21(23(16)19)33(27,29)30)26(14-17-8-5-13-31-17)24-25-18-9-1-2-11-20(18)32-24/h1-4,6-7,9-12,17H,5,8,13-15H2. The summed E-state index contributed by atoms with van der Waals surface area (Å²) in [5, 5.41) is 2.06. The molecule has 1 unspecified atom stereocenters. The minimum Gasteiger partial charge on any atom is -0.376 e. The molecule has 1 amide bonds. The smallest absolute Gasteiger partial charge is 0.265 e. The number of carbonyl (C=O) groups excluding carboxylic acids is 1. The third kappa shape index (κ3) is 3.38. The SMILES string of the molecule is O=C(CN1c2cccc3cccc(c23)S1(=O)=O)N(CC1CCCO1)c1nc2ccccc2s1. The molecule has 4 aromatic rings. The highest BCUT2D eigenvalue weighted by atomic mass is 32.2. The normalized spacial score (nSPS) is 18.9. The van der Waals surface area contributed by atoms with Gasteiger partial charge in [-0.2, -0.15) is 0 Å². The summed E-state index contributed by atoms with van der Waals surface area (Å²) in [6.07, 6.45) is 1.72. The van der Waals surface area contributed by atoms with Gasteiger partial charge in [0.05, 0.1) is 33.4 Å². The van der Waals surface area contributed by atoms with E-state index in [1.165, 1.54) is 15.6 Å². The summed E-state index contributed by atoms with van der Waals surface area (Å²) in [7, 11) is -3.82. The molecule has 0 N–H and O–H groups in total. The maximum absolute atomic E-state index is 13.7. The summed E-state index contributed by atoms with van der Waals surface area (Å²) in [5.74, 6) is -0.321. The van der Waals surface area contributed by atoms with Gasteiger partial charge in [-0.05, 0) is 42.5 Å². The Labute approximate surface area is 195 Å². The van der Waals surface area contributed by atoms with Crippen LogP contribution in [0.4, 0.5) is 10.8 Å². The first-order chi connectivity index (χ1) is 16.0. The van der Waals surface area contributed by atoms with Crippen molar-refractivity contribution in [3.8, 4) is 0 Å². The van der Waals surface area contributed by atoms with E-state index in [0.29, 0.717) is 29.4 Å². The lowest BCUT2D eigenvalue weighted by atomic mass is 10.1. The maximum atomic E-state index is 13.7. The molecule has 1 saturated heterocycles. The fourth-order valence-corrected chi connectivity index (χ4v) is 7.24. The van der Waals surface area contributed by atoms with Crippen LogP contribution in [0, 0.1) is 0 Å².